The van der Waals surface area contributed by atoms with Crippen LogP contribution in [0, 0.1) is 28.7 Å². The van der Waals surface area contributed by atoms with Gasteiger partial charge in [0.2, 0.25) is 0 Å². The largest absolute Gasteiger partial charge is 0.493 e. The Hall–Kier alpha value is -2.73. The van der Waals surface area contributed by atoms with Crippen LogP contribution >= 0.6 is 45.8 Å². The van der Waals surface area contributed by atoms with E-state index in [4.69, 9.17) is 32.7 Å². The SMILES string of the molecule is COc1cc(/C=C(\C#N)C(=O)Nc2ccc(Cl)c(Cl)c2)cc(I)c1OCc1ccc(C)c(C)c1. The lowest BCUT2D eigenvalue weighted by Gasteiger charge is -2.14. The van der Waals surface area contributed by atoms with Crippen molar-refractivity contribution < 1.29 is 14.3 Å². The molecule has 3 aromatic carbocycles. The molecule has 0 aliphatic heterocycles. The van der Waals surface area contributed by atoms with Gasteiger partial charge in [-0.05, 0) is 95.1 Å². The molecular formula is C26H21Cl2IN2O3. The summed E-state index contributed by atoms with van der Waals surface area (Å²) in [6.45, 7) is 4.52. The first-order chi connectivity index (χ1) is 16.2. The minimum atomic E-state index is -0.565. The van der Waals surface area contributed by atoms with Gasteiger partial charge in [-0.3, -0.25) is 4.79 Å². The van der Waals surface area contributed by atoms with E-state index in [1.807, 2.05) is 18.2 Å². The number of rotatable bonds is 7. The van der Waals surface area contributed by atoms with Crippen LogP contribution in [0.4, 0.5) is 5.69 Å². The van der Waals surface area contributed by atoms with Crippen molar-refractivity contribution in [3.8, 4) is 17.6 Å². The number of methoxy groups -OCH3 is 1. The number of nitriles is 1. The quantitative estimate of drug-likeness (QED) is 0.173. The molecule has 0 heterocycles. The van der Waals surface area contributed by atoms with Crippen molar-refractivity contribution in [3.63, 3.8) is 0 Å². The number of ether oxygens (including phenoxy) is 2. The second kappa shape index (κ2) is 11.6. The maximum atomic E-state index is 12.6. The summed E-state index contributed by atoms with van der Waals surface area (Å²) in [6.07, 6.45) is 1.49. The number of amides is 1. The van der Waals surface area contributed by atoms with Crippen LogP contribution < -0.4 is 14.8 Å². The van der Waals surface area contributed by atoms with Gasteiger partial charge < -0.3 is 14.8 Å². The number of anilines is 1. The van der Waals surface area contributed by atoms with Crippen molar-refractivity contribution >= 4 is 63.5 Å². The van der Waals surface area contributed by atoms with Gasteiger partial charge >= 0.3 is 0 Å². The third-order valence-corrected chi connectivity index (χ3v) is 6.60. The summed E-state index contributed by atoms with van der Waals surface area (Å²) in [7, 11) is 1.55. The van der Waals surface area contributed by atoms with Crippen LogP contribution in [-0.4, -0.2) is 13.0 Å². The average Bonchev–Trinajstić information content (AvgIpc) is 2.80. The number of nitrogens with one attached hydrogen (secondary N) is 1. The molecule has 1 amide bonds. The summed E-state index contributed by atoms with van der Waals surface area (Å²) < 4.78 is 12.4. The van der Waals surface area contributed by atoms with E-state index in [9.17, 15) is 10.1 Å². The molecule has 0 aromatic heterocycles. The highest BCUT2D eigenvalue weighted by Gasteiger charge is 2.15. The van der Waals surface area contributed by atoms with Crippen molar-refractivity contribution in [2.75, 3.05) is 12.4 Å². The number of aryl methyl sites for hydroxylation is 2. The Morgan fingerprint density at radius 2 is 1.85 bits per heavy atom. The molecule has 3 aromatic rings. The van der Waals surface area contributed by atoms with Gasteiger partial charge in [0.15, 0.2) is 11.5 Å². The van der Waals surface area contributed by atoms with Gasteiger partial charge in [-0.25, -0.2) is 0 Å². The summed E-state index contributed by atoms with van der Waals surface area (Å²) in [5.74, 6) is 0.534. The summed E-state index contributed by atoms with van der Waals surface area (Å²) in [6, 6.07) is 16.4. The van der Waals surface area contributed by atoms with Crippen LogP contribution in [0.1, 0.15) is 22.3 Å². The van der Waals surface area contributed by atoms with Crippen LogP contribution in [0.5, 0.6) is 11.5 Å². The van der Waals surface area contributed by atoms with Crippen LogP contribution in [0.2, 0.25) is 10.0 Å². The number of benzene rings is 3. The standard InChI is InChI=1S/C26H21Cl2IN2O3/c1-15-4-5-17(8-16(15)2)14-34-25-23(29)10-18(11-24(25)33-3)9-19(13-30)26(32)31-20-6-7-21(27)22(28)12-20/h4-12H,14H2,1-3H3,(H,31,32)/b19-9+. The third-order valence-electron chi connectivity index (χ3n) is 5.06. The molecule has 34 heavy (non-hydrogen) atoms. The summed E-state index contributed by atoms with van der Waals surface area (Å²) in [4.78, 5) is 12.6. The number of carbonyl (C=O) groups excluding carboxylic acids is 1. The molecule has 0 radical (unpaired) electrons. The zero-order valence-corrected chi connectivity index (χ0v) is 22.4. The lowest BCUT2D eigenvalue weighted by molar-refractivity contribution is -0.112. The first-order valence-electron chi connectivity index (χ1n) is 10.2. The van der Waals surface area contributed by atoms with Gasteiger partial charge in [0, 0.05) is 5.69 Å². The van der Waals surface area contributed by atoms with Crippen molar-refractivity contribution in [2.45, 2.75) is 20.5 Å². The molecule has 0 spiro atoms. The van der Waals surface area contributed by atoms with Crippen LogP contribution in [0.15, 0.2) is 54.1 Å². The van der Waals surface area contributed by atoms with Crippen LogP contribution in [0.3, 0.4) is 0 Å². The monoisotopic (exact) mass is 606 g/mol. The Balaban J connectivity index is 1.82. The molecule has 0 bridgehead atoms. The molecule has 0 saturated heterocycles. The van der Waals surface area contributed by atoms with E-state index in [-0.39, 0.29) is 5.57 Å². The first kappa shape index (κ1) is 25.9. The van der Waals surface area contributed by atoms with Gasteiger partial charge in [0.05, 0.1) is 20.7 Å². The fourth-order valence-corrected chi connectivity index (χ4v) is 4.18. The predicted octanol–water partition coefficient (Wildman–Crippen LogP) is 7.35. The number of hydrogen-bond donors (Lipinski definition) is 1. The number of nitrogens with zero attached hydrogens (tertiary/aromatic N) is 1. The summed E-state index contributed by atoms with van der Waals surface area (Å²) in [5, 5.41) is 12.9. The molecule has 0 atom stereocenters. The van der Waals surface area contributed by atoms with E-state index in [2.05, 4.69) is 53.9 Å². The molecule has 0 saturated carbocycles. The van der Waals surface area contributed by atoms with Crippen molar-refractivity contribution in [2.24, 2.45) is 0 Å². The fourth-order valence-electron chi connectivity index (χ4n) is 3.10. The van der Waals surface area contributed by atoms with E-state index in [0.29, 0.717) is 39.4 Å². The van der Waals surface area contributed by atoms with E-state index in [1.54, 1.807) is 25.3 Å². The Bertz CT molecular complexity index is 1320. The minimum Gasteiger partial charge on any atom is -0.493 e. The Kier molecular flexibility index (Phi) is 8.84. The molecule has 0 unspecified atom stereocenters. The normalized spacial score (nSPS) is 11.0. The lowest BCUT2D eigenvalue weighted by Crippen LogP contribution is -2.13. The summed E-state index contributed by atoms with van der Waals surface area (Å²) in [5.41, 5.74) is 4.46. The van der Waals surface area contributed by atoms with E-state index in [0.717, 1.165) is 9.13 Å². The molecule has 174 valence electrons. The van der Waals surface area contributed by atoms with Gasteiger partial charge in [-0.2, -0.15) is 5.26 Å². The Morgan fingerprint density at radius 3 is 2.50 bits per heavy atom. The van der Waals surface area contributed by atoms with Gasteiger partial charge in [0.25, 0.3) is 5.91 Å². The van der Waals surface area contributed by atoms with Crippen molar-refractivity contribution in [3.05, 3.63) is 90.0 Å². The molecule has 0 aliphatic carbocycles. The molecule has 0 fully saturated rings. The minimum absolute atomic E-state index is 0.0762. The fraction of sp³-hybridized carbons (Fsp3) is 0.154. The first-order valence-corrected chi connectivity index (χ1v) is 12.0. The number of carbonyl (C=O) groups is 1. The molecule has 1 N–H and O–H groups in total. The Morgan fingerprint density at radius 1 is 1.09 bits per heavy atom. The van der Waals surface area contributed by atoms with E-state index < -0.39 is 5.91 Å². The summed E-state index contributed by atoms with van der Waals surface area (Å²) >= 11 is 14.1. The second-order valence-corrected chi connectivity index (χ2v) is 9.47. The van der Waals surface area contributed by atoms with Gasteiger partial charge in [-0.1, -0.05) is 41.4 Å². The molecule has 5 nitrogen and oxygen atoms in total. The zero-order valence-electron chi connectivity index (χ0n) is 18.7. The highest BCUT2D eigenvalue weighted by atomic mass is 127. The van der Waals surface area contributed by atoms with Gasteiger partial charge in [0.1, 0.15) is 18.2 Å². The topological polar surface area (TPSA) is 71.3 Å². The zero-order chi connectivity index (χ0) is 24.8. The van der Waals surface area contributed by atoms with Gasteiger partial charge in [-0.15, -0.1) is 0 Å². The van der Waals surface area contributed by atoms with Crippen LogP contribution in [0.25, 0.3) is 6.08 Å². The van der Waals surface area contributed by atoms with Crippen LogP contribution in [-0.2, 0) is 11.4 Å². The predicted molar refractivity (Wildman–Crippen MR) is 145 cm³/mol. The van der Waals surface area contributed by atoms with E-state index >= 15 is 0 Å². The lowest BCUT2D eigenvalue weighted by atomic mass is 10.1. The second-order valence-electron chi connectivity index (χ2n) is 7.49. The number of hydrogen-bond acceptors (Lipinski definition) is 4. The van der Waals surface area contributed by atoms with E-state index in [1.165, 1.54) is 23.3 Å². The third kappa shape index (κ3) is 6.44. The highest BCUT2D eigenvalue weighted by molar-refractivity contribution is 14.1. The molecule has 0 aliphatic rings. The molecule has 3 rings (SSSR count). The molecule has 8 heteroatoms. The molecular weight excluding hydrogens is 586 g/mol. The average molecular weight is 607 g/mol. The number of halogens is 3. The van der Waals surface area contributed by atoms with Crippen molar-refractivity contribution in [1.29, 1.82) is 5.26 Å². The maximum Gasteiger partial charge on any atom is 0.266 e. The van der Waals surface area contributed by atoms with Crippen molar-refractivity contribution in [1.82, 2.24) is 0 Å². The maximum absolute atomic E-state index is 12.6. The highest BCUT2D eigenvalue weighted by Crippen LogP contribution is 2.35. The Labute approximate surface area is 222 Å². The smallest absolute Gasteiger partial charge is 0.266 e.